The Morgan fingerprint density at radius 1 is 1.29 bits per heavy atom. The van der Waals surface area contributed by atoms with Crippen molar-refractivity contribution in [2.24, 2.45) is 0 Å². The van der Waals surface area contributed by atoms with Crippen molar-refractivity contribution in [3.05, 3.63) is 65.5 Å². The number of hydrogen-bond acceptors (Lipinski definition) is 3. The van der Waals surface area contributed by atoms with Gasteiger partial charge in [-0.1, -0.05) is 24.3 Å². The largest absolute Gasteiger partial charge is 0.380 e. The van der Waals surface area contributed by atoms with Gasteiger partial charge in [0.15, 0.2) is 18.2 Å². The molecule has 1 unspecified atom stereocenters. The molecule has 0 saturated carbocycles. The Balaban J connectivity index is 2.23. The highest BCUT2D eigenvalue weighted by atomic mass is 32.2. The van der Waals surface area contributed by atoms with Gasteiger partial charge >= 0.3 is 0 Å². The van der Waals surface area contributed by atoms with Gasteiger partial charge in [0.2, 0.25) is 0 Å². The standard InChI is InChI=1S/C15H12F2N2OS/c1-9-3-2-4-10-12(16)6-5-11(13(9)10)14(20)15-18-7-8-19(15)21-17/h2-8,14,20H,1H3. The van der Waals surface area contributed by atoms with Crippen LogP contribution < -0.4 is 0 Å². The number of imidazole rings is 1. The predicted octanol–water partition coefficient (Wildman–Crippen LogP) is 3.95. The second kappa shape index (κ2) is 5.46. The second-order valence-corrected chi connectivity index (χ2v) is 5.25. The first-order valence-corrected chi connectivity index (χ1v) is 6.99. The molecule has 3 aromatic rings. The highest BCUT2D eigenvalue weighted by Crippen LogP contribution is 2.32. The highest BCUT2D eigenvalue weighted by molar-refractivity contribution is 7.92. The van der Waals surface area contributed by atoms with Gasteiger partial charge in [0, 0.05) is 17.8 Å². The molecule has 2 aromatic carbocycles. The summed E-state index contributed by atoms with van der Waals surface area (Å²) in [4.78, 5) is 3.98. The maximum atomic E-state index is 13.9. The average Bonchev–Trinajstić information content (AvgIpc) is 2.96. The molecular weight excluding hydrogens is 294 g/mol. The summed E-state index contributed by atoms with van der Waals surface area (Å²) in [5, 5.41) is 11.6. The number of aromatic nitrogens is 2. The van der Waals surface area contributed by atoms with E-state index in [1.165, 1.54) is 24.5 Å². The quantitative estimate of drug-likeness (QED) is 0.796. The van der Waals surface area contributed by atoms with Crippen LogP contribution in [0.25, 0.3) is 10.8 Å². The summed E-state index contributed by atoms with van der Waals surface area (Å²) in [6.45, 7) is 1.84. The summed E-state index contributed by atoms with van der Waals surface area (Å²) in [5.41, 5.74) is 1.35. The van der Waals surface area contributed by atoms with Crippen LogP contribution in [0, 0.1) is 12.7 Å². The van der Waals surface area contributed by atoms with E-state index in [2.05, 4.69) is 4.98 Å². The molecule has 0 fully saturated rings. The summed E-state index contributed by atoms with van der Waals surface area (Å²) in [6, 6.07) is 8.07. The van der Waals surface area contributed by atoms with Crippen molar-refractivity contribution < 1.29 is 13.4 Å². The Morgan fingerprint density at radius 2 is 2.10 bits per heavy atom. The van der Waals surface area contributed by atoms with Gasteiger partial charge in [-0.25, -0.2) is 13.3 Å². The van der Waals surface area contributed by atoms with Gasteiger partial charge in [-0.2, -0.15) is 0 Å². The molecule has 1 heterocycles. The number of fused-ring (bicyclic) bond motifs is 1. The van der Waals surface area contributed by atoms with Crippen LogP contribution in [0.5, 0.6) is 0 Å². The normalized spacial score (nSPS) is 12.8. The van der Waals surface area contributed by atoms with Gasteiger partial charge in [0.1, 0.15) is 11.9 Å². The Labute approximate surface area is 124 Å². The molecule has 1 atom stereocenters. The van der Waals surface area contributed by atoms with E-state index < -0.39 is 6.10 Å². The molecule has 0 radical (unpaired) electrons. The van der Waals surface area contributed by atoms with Gasteiger partial charge in [-0.15, -0.1) is 3.89 Å². The maximum Gasteiger partial charge on any atom is 0.170 e. The molecule has 108 valence electrons. The fourth-order valence-electron chi connectivity index (χ4n) is 2.51. The minimum Gasteiger partial charge on any atom is -0.380 e. The van der Waals surface area contributed by atoms with E-state index >= 15 is 0 Å². The van der Waals surface area contributed by atoms with E-state index in [9.17, 15) is 13.4 Å². The van der Waals surface area contributed by atoms with Crippen molar-refractivity contribution in [3.8, 4) is 0 Å². The van der Waals surface area contributed by atoms with E-state index in [0.717, 1.165) is 9.54 Å². The molecular formula is C15H12F2N2OS. The molecule has 1 N–H and O–H groups in total. The summed E-state index contributed by atoms with van der Waals surface area (Å²) in [7, 11) is 0. The SMILES string of the molecule is Cc1cccc2c(F)ccc(C(O)c3nccn3SF)c12. The van der Waals surface area contributed by atoms with Crippen LogP contribution in [-0.2, 0) is 0 Å². The third-order valence-corrected chi connectivity index (χ3v) is 3.93. The zero-order valence-corrected chi connectivity index (χ0v) is 11.9. The fraction of sp³-hybridized carbons (Fsp3) is 0.133. The Hall–Kier alpha value is -1.92. The molecule has 0 aliphatic carbocycles. The molecule has 0 saturated heterocycles. The van der Waals surface area contributed by atoms with Gasteiger partial charge in [-0.05, 0) is 29.5 Å². The minimum atomic E-state index is -1.13. The van der Waals surface area contributed by atoms with Crippen molar-refractivity contribution >= 4 is 23.1 Å². The fourth-order valence-corrected chi connectivity index (χ4v) is 2.82. The summed E-state index contributed by atoms with van der Waals surface area (Å²) < 4.78 is 27.9. The van der Waals surface area contributed by atoms with Crippen LogP contribution >= 0.6 is 12.3 Å². The van der Waals surface area contributed by atoms with Crippen molar-refractivity contribution in [3.63, 3.8) is 0 Å². The lowest BCUT2D eigenvalue weighted by Gasteiger charge is -2.15. The smallest absolute Gasteiger partial charge is 0.170 e. The molecule has 1 aromatic heterocycles. The summed E-state index contributed by atoms with van der Waals surface area (Å²) in [6.07, 6.45) is 1.69. The third kappa shape index (κ3) is 2.30. The number of aliphatic hydroxyl groups is 1. The third-order valence-electron chi connectivity index (χ3n) is 3.48. The first kappa shape index (κ1) is 14.0. The monoisotopic (exact) mass is 306 g/mol. The van der Waals surface area contributed by atoms with Crippen molar-refractivity contribution in [2.45, 2.75) is 13.0 Å². The predicted molar refractivity (Wildman–Crippen MR) is 79.0 cm³/mol. The van der Waals surface area contributed by atoms with Gasteiger partial charge < -0.3 is 5.11 Å². The van der Waals surface area contributed by atoms with Gasteiger partial charge in [0.25, 0.3) is 0 Å². The first-order valence-electron chi connectivity index (χ1n) is 6.31. The van der Waals surface area contributed by atoms with Crippen LogP contribution in [0.4, 0.5) is 8.28 Å². The topological polar surface area (TPSA) is 38.1 Å². The van der Waals surface area contributed by atoms with Gasteiger partial charge in [0.05, 0.1) is 0 Å². The summed E-state index contributed by atoms with van der Waals surface area (Å²) >= 11 is -0.0421. The van der Waals surface area contributed by atoms with Crippen LogP contribution in [0.3, 0.4) is 0 Å². The van der Waals surface area contributed by atoms with E-state index in [4.69, 9.17) is 0 Å². The van der Waals surface area contributed by atoms with Crippen molar-refractivity contribution in [1.82, 2.24) is 8.96 Å². The molecule has 0 aliphatic heterocycles. The van der Waals surface area contributed by atoms with E-state index in [-0.39, 0.29) is 24.0 Å². The van der Waals surface area contributed by atoms with Crippen LogP contribution in [0.2, 0.25) is 0 Å². The number of nitrogens with zero attached hydrogens (tertiary/aromatic N) is 2. The van der Waals surface area contributed by atoms with E-state index in [0.29, 0.717) is 16.3 Å². The zero-order valence-electron chi connectivity index (χ0n) is 11.1. The second-order valence-electron chi connectivity index (χ2n) is 4.72. The molecule has 3 nitrogen and oxygen atoms in total. The van der Waals surface area contributed by atoms with Crippen LogP contribution in [0.1, 0.15) is 23.1 Å². The van der Waals surface area contributed by atoms with E-state index in [1.807, 2.05) is 13.0 Å². The number of hydrogen-bond donors (Lipinski definition) is 1. The van der Waals surface area contributed by atoms with Gasteiger partial charge in [-0.3, -0.25) is 0 Å². The number of benzene rings is 2. The molecule has 0 amide bonds. The summed E-state index contributed by atoms with van der Waals surface area (Å²) in [5.74, 6) is -0.188. The number of aliphatic hydroxyl groups excluding tert-OH is 1. The van der Waals surface area contributed by atoms with Crippen LogP contribution in [-0.4, -0.2) is 14.1 Å². The minimum absolute atomic E-state index is 0.0421. The Kier molecular flexibility index (Phi) is 3.65. The number of halogens is 2. The Bertz CT molecular complexity index is 803. The molecule has 0 aliphatic rings. The molecule has 6 heteroatoms. The van der Waals surface area contributed by atoms with Crippen molar-refractivity contribution in [2.75, 3.05) is 0 Å². The zero-order chi connectivity index (χ0) is 15.0. The molecule has 0 spiro atoms. The lowest BCUT2D eigenvalue weighted by atomic mass is 9.96. The number of rotatable bonds is 3. The maximum absolute atomic E-state index is 13.9. The first-order chi connectivity index (χ1) is 10.1. The van der Waals surface area contributed by atoms with Crippen molar-refractivity contribution in [1.29, 1.82) is 0 Å². The molecule has 0 bridgehead atoms. The lowest BCUT2D eigenvalue weighted by molar-refractivity contribution is 0.211. The van der Waals surface area contributed by atoms with E-state index in [1.54, 1.807) is 12.1 Å². The number of aryl methyl sites for hydroxylation is 1. The van der Waals surface area contributed by atoms with Crippen LogP contribution in [0.15, 0.2) is 42.7 Å². The average molecular weight is 306 g/mol. The Morgan fingerprint density at radius 3 is 2.86 bits per heavy atom. The molecule has 3 rings (SSSR count). The molecule has 21 heavy (non-hydrogen) atoms. The lowest BCUT2D eigenvalue weighted by Crippen LogP contribution is -2.07. The highest BCUT2D eigenvalue weighted by Gasteiger charge is 2.21.